The average Bonchev–Trinajstić information content (AvgIpc) is 2.69. The first-order valence-corrected chi connectivity index (χ1v) is 9.31. The number of hydrogen-bond donors (Lipinski definition) is 1. The number of hydrogen-bond acceptors (Lipinski definition) is 4. The molecule has 1 N–H and O–H groups in total. The molecule has 5 heteroatoms. The molecule has 0 radical (unpaired) electrons. The number of aliphatic hydroxyl groups excluding tert-OH is 1. The topological polar surface area (TPSA) is 67.6 Å². The van der Waals surface area contributed by atoms with Gasteiger partial charge < -0.3 is 10.0 Å². The summed E-state index contributed by atoms with van der Waals surface area (Å²) in [5.74, 6) is 0.0259. The smallest absolute Gasteiger partial charge is 0.243 e. The number of piperazine rings is 1. The van der Waals surface area contributed by atoms with Crippen LogP contribution in [-0.2, 0) is 4.79 Å². The Morgan fingerprint density at radius 3 is 2.36 bits per heavy atom. The van der Waals surface area contributed by atoms with E-state index in [1.54, 1.807) is 0 Å². The zero-order valence-electron chi connectivity index (χ0n) is 14.7. The molecule has 0 spiro atoms. The maximum Gasteiger partial charge on any atom is 0.243 e. The van der Waals surface area contributed by atoms with Crippen molar-refractivity contribution in [2.75, 3.05) is 32.7 Å². The molecule has 0 aromatic heterocycles. The monoisotopic (exact) mass is 341 g/mol. The van der Waals surface area contributed by atoms with E-state index in [1.165, 1.54) is 0 Å². The predicted molar refractivity (Wildman–Crippen MR) is 95.6 cm³/mol. The number of amides is 1. The first-order chi connectivity index (χ1) is 12.1. The van der Waals surface area contributed by atoms with Crippen molar-refractivity contribution in [1.82, 2.24) is 9.80 Å². The molecule has 1 aromatic carbocycles. The van der Waals surface area contributed by atoms with E-state index in [0.29, 0.717) is 32.5 Å². The first-order valence-electron chi connectivity index (χ1n) is 9.31. The Hall–Kier alpha value is -1.90. The van der Waals surface area contributed by atoms with Crippen molar-refractivity contribution in [3.05, 3.63) is 35.9 Å². The van der Waals surface area contributed by atoms with Crippen molar-refractivity contribution in [2.45, 2.75) is 38.2 Å². The SMILES string of the molecule is N#CC1(C(=O)N2CCN(C[C@@H](O)c3ccccc3)CC2)CCCCC1. The molecule has 2 aliphatic rings. The van der Waals surface area contributed by atoms with E-state index in [4.69, 9.17) is 0 Å². The van der Waals surface area contributed by atoms with Gasteiger partial charge in [-0.3, -0.25) is 9.69 Å². The maximum atomic E-state index is 12.9. The number of carbonyl (C=O) groups is 1. The number of β-amino-alcohol motifs (C(OH)–C–C–N with tert-alkyl or cyclic N) is 1. The third kappa shape index (κ3) is 4.02. The molecule has 1 aliphatic heterocycles. The van der Waals surface area contributed by atoms with E-state index >= 15 is 0 Å². The Kier molecular flexibility index (Phi) is 5.72. The van der Waals surface area contributed by atoms with Gasteiger partial charge in [0, 0.05) is 32.7 Å². The van der Waals surface area contributed by atoms with E-state index in [-0.39, 0.29) is 5.91 Å². The minimum Gasteiger partial charge on any atom is -0.387 e. The molecule has 1 saturated heterocycles. The summed E-state index contributed by atoms with van der Waals surface area (Å²) in [4.78, 5) is 16.9. The van der Waals surface area contributed by atoms with Gasteiger partial charge in [0.1, 0.15) is 5.41 Å². The van der Waals surface area contributed by atoms with E-state index in [9.17, 15) is 15.2 Å². The van der Waals surface area contributed by atoms with Crippen molar-refractivity contribution in [3.8, 4) is 6.07 Å². The molecule has 1 aliphatic carbocycles. The van der Waals surface area contributed by atoms with Crippen LogP contribution in [0.5, 0.6) is 0 Å². The fourth-order valence-corrected chi connectivity index (χ4v) is 3.99. The molecule has 5 nitrogen and oxygen atoms in total. The fraction of sp³-hybridized carbons (Fsp3) is 0.600. The molecule has 0 bridgehead atoms. The highest BCUT2D eigenvalue weighted by atomic mass is 16.3. The van der Waals surface area contributed by atoms with Gasteiger partial charge in [0.25, 0.3) is 0 Å². The molecule has 1 heterocycles. The summed E-state index contributed by atoms with van der Waals surface area (Å²) in [6, 6.07) is 12.0. The van der Waals surface area contributed by atoms with Gasteiger partial charge in [-0.2, -0.15) is 5.26 Å². The average molecular weight is 341 g/mol. The lowest BCUT2D eigenvalue weighted by molar-refractivity contribution is -0.142. The Labute approximate surface area is 149 Å². The summed E-state index contributed by atoms with van der Waals surface area (Å²) in [7, 11) is 0. The highest BCUT2D eigenvalue weighted by Gasteiger charge is 2.43. The zero-order chi connectivity index (χ0) is 17.7. The van der Waals surface area contributed by atoms with E-state index in [0.717, 1.165) is 37.9 Å². The Balaban J connectivity index is 1.53. The highest BCUT2D eigenvalue weighted by molar-refractivity contribution is 5.85. The van der Waals surface area contributed by atoms with Crippen LogP contribution in [-0.4, -0.2) is 53.5 Å². The lowest BCUT2D eigenvalue weighted by Crippen LogP contribution is -2.53. The van der Waals surface area contributed by atoms with Crippen LogP contribution in [0.2, 0.25) is 0 Å². The minimum absolute atomic E-state index is 0.0259. The van der Waals surface area contributed by atoms with Crippen LogP contribution >= 0.6 is 0 Å². The molecule has 1 amide bonds. The summed E-state index contributed by atoms with van der Waals surface area (Å²) in [5.41, 5.74) is 0.135. The summed E-state index contributed by atoms with van der Waals surface area (Å²) in [5, 5.41) is 20.0. The second kappa shape index (κ2) is 7.99. The van der Waals surface area contributed by atoms with Crippen LogP contribution in [0.25, 0.3) is 0 Å². The number of rotatable bonds is 4. The summed E-state index contributed by atoms with van der Waals surface area (Å²) in [6.07, 6.45) is 3.98. The quantitative estimate of drug-likeness (QED) is 0.913. The molecular weight excluding hydrogens is 314 g/mol. The number of carbonyl (C=O) groups excluding carboxylic acids is 1. The van der Waals surface area contributed by atoms with E-state index in [1.807, 2.05) is 35.2 Å². The summed E-state index contributed by atoms with van der Waals surface area (Å²) < 4.78 is 0. The van der Waals surface area contributed by atoms with Gasteiger partial charge in [-0.05, 0) is 18.4 Å². The molecule has 2 fully saturated rings. The van der Waals surface area contributed by atoms with Gasteiger partial charge in [-0.25, -0.2) is 0 Å². The predicted octanol–water partition coefficient (Wildman–Crippen LogP) is 2.34. The zero-order valence-corrected chi connectivity index (χ0v) is 14.7. The Morgan fingerprint density at radius 2 is 1.76 bits per heavy atom. The van der Waals surface area contributed by atoms with Crippen molar-refractivity contribution in [2.24, 2.45) is 5.41 Å². The molecular formula is C20H27N3O2. The lowest BCUT2D eigenvalue weighted by atomic mass is 9.74. The third-order valence-electron chi connectivity index (χ3n) is 5.61. The molecule has 134 valence electrons. The van der Waals surface area contributed by atoms with Crippen molar-refractivity contribution >= 4 is 5.91 Å². The largest absolute Gasteiger partial charge is 0.387 e. The van der Waals surface area contributed by atoms with Crippen LogP contribution < -0.4 is 0 Å². The first kappa shape index (κ1) is 17.9. The number of nitriles is 1. The van der Waals surface area contributed by atoms with Gasteiger partial charge in [-0.1, -0.05) is 49.6 Å². The van der Waals surface area contributed by atoms with Gasteiger partial charge in [0.2, 0.25) is 5.91 Å². The normalized spacial score (nSPS) is 22.2. The maximum absolute atomic E-state index is 12.9. The minimum atomic E-state index is -0.788. The summed E-state index contributed by atoms with van der Waals surface area (Å²) >= 11 is 0. The molecule has 1 aromatic rings. The lowest BCUT2D eigenvalue weighted by Gasteiger charge is -2.40. The van der Waals surface area contributed by atoms with Gasteiger partial charge in [0.05, 0.1) is 12.2 Å². The third-order valence-corrected chi connectivity index (χ3v) is 5.61. The molecule has 1 saturated carbocycles. The van der Waals surface area contributed by atoms with Crippen LogP contribution in [0.4, 0.5) is 0 Å². The van der Waals surface area contributed by atoms with Gasteiger partial charge >= 0.3 is 0 Å². The van der Waals surface area contributed by atoms with Crippen molar-refractivity contribution in [1.29, 1.82) is 5.26 Å². The van der Waals surface area contributed by atoms with Crippen LogP contribution in [0.1, 0.15) is 43.8 Å². The van der Waals surface area contributed by atoms with Gasteiger partial charge in [-0.15, -0.1) is 0 Å². The van der Waals surface area contributed by atoms with E-state index in [2.05, 4.69) is 11.0 Å². The molecule has 3 rings (SSSR count). The highest BCUT2D eigenvalue weighted by Crippen LogP contribution is 2.37. The summed E-state index contributed by atoms with van der Waals surface area (Å²) in [6.45, 7) is 3.36. The number of nitrogens with zero attached hydrogens (tertiary/aromatic N) is 3. The molecule has 1 atom stereocenters. The molecule has 0 unspecified atom stereocenters. The molecule has 25 heavy (non-hydrogen) atoms. The Morgan fingerprint density at radius 1 is 1.12 bits per heavy atom. The Bertz CT molecular complexity index is 612. The van der Waals surface area contributed by atoms with Crippen LogP contribution in [0, 0.1) is 16.7 Å². The van der Waals surface area contributed by atoms with Crippen molar-refractivity contribution in [3.63, 3.8) is 0 Å². The van der Waals surface area contributed by atoms with Crippen LogP contribution in [0.3, 0.4) is 0 Å². The van der Waals surface area contributed by atoms with Gasteiger partial charge in [0.15, 0.2) is 0 Å². The van der Waals surface area contributed by atoms with E-state index < -0.39 is 11.5 Å². The second-order valence-electron chi connectivity index (χ2n) is 7.27. The fourth-order valence-electron chi connectivity index (χ4n) is 3.99. The number of aliphatic hydroxyl groups is 1. The number of benzene rings is 1. The second-order valence-corrected chi connectivity index (χ2v) is 7.27. The van der Waals surface area contributed by atoms with Crippen LogP contribution in [0.15, 0.2) is 30.3 Å². The van der Waals surface area contributed by atoms with Crippen molar-refractivity contribution < 1.29 is 9.90 Å². The standard InChI is InChI=1S/C20H27N3O2/c21-16-20(9-5-2-6-10-20)19(25)23-13-11-22(12-14-23)15-18(24)17-7-3-1-4-8-17/h1,3-4,7-8,18,24H,2,5-6,9-15H2/t18-/m1/s1.